The van der Waals surface area contributed by atoms with Crippen LogP contribution in [0.1, 0.15) is 0 Å². The molecule has 6 heteroatoms. The summed E-state index contributed by atoms with van der Waals surface area (Å²) >= 11 is 0. The third kappa shape index (κ3) is 2.21. The van der Waals surface area contributed by atoms with Crippen LogP contribution < -0.4 is 4.90 Å². The molecule has 0 unspecified atom stereocenters. The monoisotopic (exact) mass is 294 g/mol. The van der Waals surface area contributed by atoms with Crippen LogP contribution >= 0.6 is 0 Å². The lowest BCUT2D eigenvalue weighted by Crippen LogP contribution is -2.45. The average molecular weight is 294 g/mol. The summed E-state index contributed by atoms with van der Waals surface area (Å²) in [7, 11) is 2.15. The Labute approximate surface area is 129 Å². The number of likely N-dealkylation sites (N-methyl/N-ethyl adjacent to an activating group) is 1. The van der Waals surface area contributed by atoms with Gasteiger partial charge in [-0.25, -0.2) is 4.98 Å². The minimum absolute atomic E-state index is 0.825. The van der Waals surface area contributed by atoms with Crippen molar-refractivity contribution in [3.05, 3.63) is 42.9 Å². The molecule has 4 rings (SSSR count). The summed E-state index contributed by atoms with van der Waals surface area (Å²) in [4.78, 5) is 9.31. The van der Waals surface area contributed by atoms with Crippen LogP contribution in [0.25, 0.3) is 16.9 Å². The zero-order valence-corrected chi connectivity index (χ0v) is 12.6. The molecule has 3 aromatic rings. The van der Waals surface area contributed by atoms with E-state index in [1.807, 2.05) is 28.8 Å². The van der Waals surface area contributed by atoms with Crippen molar-refractivity contribution in [2.75, 3.05) is 38.1 Å². The molecule has 0 atom stereocenters. The van der Waals surface area contributed by atoms with E-state index in [4.69, 9.17) is 0 Å². The van der Waals surface area contributed by atoms with Gasteiger partial charge in [-0.15, -0.1) is 10.2 Å². The molecule has 1 aliphatic rings. The van der Waals surface area contributed by atoms with Crippen molar-refractivity contribution in [2.45, 2.75) is 0 Å². The van der Waals surface area contributed by atoms with Crippen molar-refractivity contribution >= 4 is 11.5 Å². The number of piperazine rings is 1. The molecule has 1 aliphatic heterocycles. The van der Waals surface area contributed by atoms with E-state index >= 15 is 0 Å². The number of anilines is 1. The molecule has 112 valence electrons. The number of benzene rings is 1. The second kappa shape index (κ2) is 5.38. The summed E-state index contributed by atoms with van der Waals surface area (Å²) in [6.45, 7) is 4.03. The van der Waals surface area contributed by atoms with E-state index in [0.29, 0.717) is 0 Å². The highest BCUT2D eigenvalue weighted by atomic mass is 15.3. The van der Waals surface area contributed by atoms with Gasteiger partial charge in [0.25, 0.3) is 0 Å². The van der Waals surface area contributed by atoms with Crippen molar-refractivity contribution in [1.29, 1.82) is 0 Å². The maximum atomic E-state index is 4.69. The first-order valence-corrected chi connectivity index (χ1v) is 7.50. The van der Waals surface area contributed by atoms with Crippen molar-refractivity contribution in [3.63, 3.8) is 0 Å². The molecule has 6 nitrogen and oxygen atoms in total. The molecule has 1 fully saturated rings. The SMILES string of the molecule is CN1CCN(c2ncc(-c3ccccc3)n3cnnc23)CC1. The van der Waals surface area contributed by atoms with Gasteiger partial charge >= 0.3 is 0 Å². The van der Waals surface area contributed by atoms with Crippen LogP contribution in [0, 0.1) is 0 Å². The first-order chi connectivity index (χ1) is 10.8. The maximum Gasteiger partial charge on any atom is 0.204 e. The first-order valence-electron chi connectivity index (χ1n) is 7.50. The number of rotatable bonds is 2. The fourth-order valence-electron chi connectivity index (χ4n) is 2.87. The van der Waals surface area contributed by atoms with Crippen molar-refractivity contribution in [2.24, 2.45) is 0 Å². The molecule has 1 saturated heterocycles. The molecule has 0 amide bonds. The normalized spacial score (nSPS) is 16.3. The van der Waals surface area contributed by atoms with E-state index in [-0.39, 0.29) is 0 Å². The minimum atomic E-state index is 0.825. The Hall–Kier alpha value is -2.47. The highest BCUT2D eigenvalue weighted by molar-refractivity contribution is 5.70. The quantitative estimate of drug-likeness (QED) is 0.717. The lowest BCUT2D eigenvalue weighted by molar-refractivity contribution is 0.312. The van der Waals surface area contributed by atoms with Crippen LogP contribution in [0.2, 0.25) is 0 Å². The Morgan fingerprint density at radius 2 is 1.77 bits per heavy atom. The van der Waals surface area contributed by atoms with Crippen LogP contribution in [0.5, 0.6) is 0 Å². The van der Waals surface area contributed by atoms with Gasteiger partial charge < -0.3 is 9.80 Å². The number of nitrogens with zero attached hydrogens (tertiary/aromatic N) is 6. The Balaban J connectivity index is 1.78. The lowest BCUT2D eigenvalue weighted by Gasteiger charge is -2.33. The van der Waals surface area contributed by atoms with E-state index in [9.17, 15) is 0 Å². The van der Waals surface area contributed by atoms with Crippen LogP contribution in [0.15, 0.2) is 42.9 Å². The zero-order chi connectivity index (χ0) is 14.9. The van der Waals surface area contributed by atoms with Gasteiger partial charge in [0.15, 0.2) is 5.82 Å². The topological polar surface area (TPSA) is 49.6 Å². The summed E-state index contributed by atoms with van der Waals surface area (Å²) in [6.07, 6.45) is 3.68. The van der Waals surface area contributed by atoms with Gasteiger partial charge in [0, 0.05) is 31.7 Å². The number of fused-ring (bicyclic) bond motifs is 1. The van der Waals surface area contributed by atoms with E-state index < -0.39 is 0 Å². The third-order valence-electron chi connectivity index (χ3n) is 4.19. The van der Waals surface area contributed by atoms with E-state index in [1.165, 1.54) is 0 Å². The Morgan fingerprint density at radius 1 is 1.00 bits per heavy atom. The molecule has 0 bridgehead atoms. The van der Waals surface area contributed by atoms with Crippen LogP contribution in [0.4, 0.5) is 5.82 Å². The molecular formula is C16H18N6. The number of aromatic nitrogens is 4. The zero-order valence-electron chi connectivity index (χ0n) is 12.6. The fourth-order valence-corrected chi connectivity index (χ4v) is 2.87. The van der Waals surface area contributed by atoms with Gasteiger partial charge in [0.2, 0.25) is 5.65 Å². The number of hydrogen-bond acceptors (Lipinski definition) is 5. The fraction of sp³-hybridized carbons (Fsp3) is 0.312. The molecule has 0 saturated carbocycles. The Morgan fingerprint density at radius 3 is 2.55 bits per heavy atom. The first kappa shape index (κ1) is 13.2. The van der Waals surface area contributed by atoms with Gasteiger partial charge in [0.05, 0.1) is 11.9 Å². The molecule has 0 radical (unpaired) electrons. The summed E-state index contributed by atoms with van der Waals surface area (Å²) in [5.74, 6) is 0.922. The molecule has 2 aromatic heterocycles. The third-order valence-corrected chi connectivity index (χ3v) is 4.19. The van der Waals surface area contributed by atoms with Crippen molar-refractivity contribution in [3.8, 4) is 11.3 Å². The van der Waals surface area contributed by atoms with Crippen LogP contribution in [0.3, 0.4) is 0 Å². The summed E-state index contributed by atoms with van der Waals surface area (Å²) in [6, 6.07) is 10.2. The predicted octanol–water partition coefficient (Wildman–Crippen LogP) is 1.54. The van der Waals surface area contributed by atoms with Crippen LogP contribution in [-0.2, 0) is 0 Å². The molecular weight excluding hydrogens is 276 g/mol. The lowest BCUT2D eigenvalue weighted by atomic mass is 10.1. The molecule has 22 heavy (non-hydrogen) atoms. The molecule has 0 N–H and O–H groups in total. The Kier molecular flexibility index (Phi) is 3.23. The summed E-state index contributed by atoms with van der Waals surface area (Å²) in [5, 5.41) is 8.39. The van der Waals surface area contributed by atoms with Gasteiger partial charge in [0.1, 0.15) is 6.33 Å². The number of hydrogen-bond donors (Lipinski definition) is 0. The van der Waals surface area contributed by atoms with Gasteiger partial charge in [-0.2, -0.15) is 0 Å². The minimum Gasteiger partial charge on any atom is -0.351 e. The van der Waals surface area contributed by atoms with E-state index in [1.54, 1.807) is 6.33 Å². The Bertz CT molecular complexity index is 774. The van der Waals surface area contributed by atoms with Crippen LogP contribution in [-0.4, -0.2) is 57.7 Å². The summed E-state index contributed by atoms with van der Waals surface area (Å²) in [5.41, 5.74) is 2.95. The standard InChI is InChI=1S/C16H18N6/c1-20-7-9-21(10-8-20)15-16-19-18-12-22(16)14(11-17-15)13-5-3-2-4-6-13/h2-6,11-12H,7-10H2,1H3. The average Bonchev–Trinajstić information content (AvgIpc) is 3.05. The van der Waals surface area contributed by atoms with E-state index in [2.05, 4.69) is 44.2 Å². The maximum absolute atomic E-state index is 4.69. The molecule has 0 aliphatic carbocycles. The van der Waals surface area contributed by atoms with Gasteiger partial charge in [-0.05, 0) is 7.05 Å². The summed E-state index contributed by atoms with van der Waals surface area (Å²) < 4.78 is 2.02. The predicted molar refractivity (Wildman–Crippen MR) is 85.9 cm³/mol. The smallest absolute Gasteiger partial charge is 0.204 e. The highest BCUT2D eigenvalue weighted by Crippen LogP contribution is 2.25. The molecule has 3 heterocycles. The van der Waals surface area contributed by atoms with Crippen molar-refractivity contribution < 1.29 is 0 Å². The van der Waals surface area contributed by atoms with E-state index in [0.717, 1.165) is 48.9 Å². The van der Waals surface area contributed by atoms with Gasteiger partial charge in [-0.1, -0.05) is 30.3 Å². The second-order valence-corrected chi connectivity index (χ2v) is 5.65. The largest absolute Gasteiger partial charge is 0.351 e. The molecule has 0 spiro atoms. The van der Waals surface area contributed by atoms with Crippen molar-refractivity contribution in [1.82, 2.24) is 24.5 Å². The van der Waals surface area contributed by atoms with Gasteiger partial charge in [-0.3, -0.25) is 4.40 Å². The highest BCUT2D eigenvalue weighted by Gasteiger charge is 2.20. The second-order valence-electron chi connectivity index (χ2n) is 5.65. The molecule has 1 aromatic carbocycles.